The predicted molar refractivity (Wildman–Crippen MR) is 65.4 cm³/mol. The monoisotopic (exact) mass is 301 g/mol. The van der Waals surface area contributed by atoms with Crippen LogP contribution in [0.1, 0.15) is 17.3 Å². The third-order valence-electron chi connectivity index (χ3n) is 2.70. The molecule has 1 aliphatic rings. The van der Waals surface area contributed by atoms with Gasteiger partial charge in [0.05, 0.1) is 18.3 Å². The molecule has 92 valence electrons. The number of carbonyl (C=O) groups excluding carboxylic acids is 1. The van der Waals surface area contributed by atoms with Crippen LogP contribution < -0.4 is 0 Å². The zero-order valence-electron chi connectivity index (χ0n) is 9.45. The van der Waals surface area contributed by atoms with Crippen LogP contribution in [-0.4, -0.2) is 36.6 Å². The van der Waals surface area contributed by atoms with Crippen LogP contribution in [-0.2, 0) is 4.74 Å². The van der Waals surface area contributed by atoms with Crippen LogP contribution in [0.5, 0.6) is 0 Å². The van der Waals surface area contributed by atoms with Gasteiger partial charge in [-0.15, -0.1) is 0 Å². The number of carbonyl (C=O) groups is 1. The zero-order valence-corrected chi connectivity index (χ0v) is 11.0. The van der Waals surface area contributed by atoms with Gasteiger partial charge in [-0.1, -0.05) is 6.07 Å². The molecular formula is C12H13BrFNO2. The number of nitrogens with zero attached hydrogens (tertiary/aromatic N) is 1. The minimum atomic E-state index is -0.497. The van der Waals surface area contributed by atoms with E-state index >= 15 is 0 Å². The van der Waals surface area contributed by atoms with E-state index in [0.717, 1.165) is 0 Å². The number of hydrogen-bond donors (Lipinski definition) is 0. The maximum atomic E-state index is 13.6. The van der Waals surface area contributed by atoms with E-state index in [1.54, 1.807) is 17.0 Å². The van der Waals surface area contributed by atoms with Crippen LogP contribution in [0, 0.1) is 5.82 Å². The van der Waals surface area contributed by atoms with Gasteiger partial charge in [0.1, 0.15) is 5.82 Å². The summed E-state index contributed by atoms with van der Waals surface area (Å²) in [6.07, 6.45) is -0.00162. The highest BCUT2D eigenvalue weighted by molar-refractivity contribution is 9.10. The van der Waals surface area contributed by atoms with E-state index in [0.29, 0.717) is 24.2 Å². The summed E-state index contributed by atoms with van der Waals surface area (Å²) in [5, 5.41) is 0. The minimum Gasteiger partial charge on any atom is -0.375 e. The maximum absolute atomic E-state index is 13.6. The van der Waals surface area contributed by atoms with Crippen molar-refractivity contribution in [3.63, 3.8) is 0 Å². The summed E-state index contributed by atoms with van der Waals surface area (Å²) in [5.41, 5.74) is 0.0987. The third kappa shape index (κ3) is 2.66. The van der Waals surface area contributed by atoms with Crippen LogP contribution in [0.3, 0.4) is 0 Å². The van der Waals surface area contributed by atoms with Crippen molar-refractivity contribution in [1.82, 2.24) is 4.90 Å². The first-order chi connectivity index (χ1) is 8.09. The van der Waals surface area contributed by atoms with Crippen molar-refractivity contribution in [1.29, 1.82) is 0 Å². The molecule has 0 radical (unpaired) electrons. The second-order valence-corrected chi connectivity index (χ2v) is 4.88. The molecule has 1 aromatic rings. The molecule has 1 atom stereocenters. The Labute approximate surface area is 108 Å². The van der Waals surface area contributed by atoms with Gasteiger partial charge in [-0.3, -0.25) is 4.79 Å². The van der Waals surface area contributed by atoms with Crippen molar-refractivity contribution < 1.29 is 13.9 Å². The fourth-order valence-electron chi connectivity index (χ4n) is 1.86. The molecule has 17 heavy (non-hydrogen) atoms. The summed E-state index contributed by atoms with van der Waals surface area (Å²) in [6.45, 7) is 3.40. The Hall–Kier alpha value is -0.940. The molecule has 1 heterocycles. The molecule has 1 saturated heterocycles. The minimum absolute atomic E-state index is 0.00162. The quantitative estimate of drug-likeness (QED) is 0.797. The van der Waals surface area contributed by atoms with Gasteiger partial charge in [0, 0.05) is 17.6 Å². The number of ether oxygens (including phenoxy) is 1. The van der Waals surface area contributed by atoms with Gasteiger partial charge in [-0.2, -0.15) is 0 Å². The zero-order chi connectivity index (χ0) is 12.4. The fourth-order valence-corrected chi connectivity index (χ4v) is 2.37. The van der Waals surface area contributed by atoms with Gasteiger partial charge in [0.25, 0.3) is 5.91 Å². The summed E-state index contributed by atoms with van der Waals surface area (Å²) < 4.78 is 19.5. The average Bonchev–Trinajstić information content (AvgIpc) is 2.28. The van der Waals surface area contributed by atoms with E-state index in [-0.39, 0.29) is 17.6 Å². The largest absolute Gasteiger partial charge is 0.375 e. The summed E-state index contributed by atoms with van der Waals surface area (Å²) >= 11 is 3.21. The van der Waals surface area contributed by atoms with Crippen LogP contribution in [0.15, 0.2) is 22.7 Å². The molecule has 0 aromatic heterocycles. The lowest BCUT2D eigenvalue weighted by Gasteiger charge is -2.31. The number of rotatable bonds is 1. The van der Waals surface area contributed by atoms with Crippen molar-refractivity contribution in [2.24, 2.45) is 0 Å². The average molecular weight is 302 g/mol. The predicted octanol–water partition coefficient (Wildman–Crippen LogP) is 2.45. The molecule has 0 bridgehead atoms. The van der Waals surface area contributed by atoms with E-state index in [1.165, 1.54) is 6.07 Å². The van der Waals surface area contributed by atoms with Gasteiger partial charge >= 0.3 is 0 Å². The molecule has 0 unspecified atom stereocenters. The Kier molecular flexibility index (Phi) is 3.79. The van der Waals surface area contributed by atoms with E-state index in [4.69, 9.17) is 4.74 Å². The SMILES string of the molecule is C[C@H]1CN(C(=O)c2c(F)cccc2Br)CCO1. The lowest BCUT2D eigenvalue weighted by atomic mass is 10.1. The number of halogens is 2. The first kappa shape index (κ1) is 12.5. The van der Waals surface area contributed by atoms with E-state index in [1.807, 2.05) is 6.92 Å². The number of hydrogen-bond acceptors (Lipinski definition) is 2. The number of amides is 1. The standard InChI is InChI=1S/C12H13BrFNO2/c1-8-7-15(5-6-17-8)12(16)11-9(13)3-2-4-10(11)14/h2-4,8H,5-7H2,1H3/t8-/m0/s1. The Morgan fingerprint density at radius 1 is 1.59 bits per heavy atom. The van der Waals surface area contributed by atoms with Crippen LogP contribution >= 0.6 is 15.9 Å². The maximum Gasteiger partial charge on any atom is 0.258 e. The molecule has 0 aliphatic carbocycles. The van der Waals surface area contributed by atoms with Gasteiger partial charge in [0.15, 0.2) is 0 Å². The highest BCUT2D eigenvalue weighted by Gasteiger charge is 2.25. The molecule has 1 fully saturated rings. The topological polar surface area (TPSA) is 29.5 Å². The molecule has 1 aliphatic heterocycles. The second kappa shape index (κ2) is 5.14. The van der Waals surface area contributed by atoms with Crippen LogP contribution in [0.4, 0.5) is 4.39 Å². The van der Waals surface area contributed by atoms with E-state index in [2.05, 4.69) is 15.9 Å². The Morgan fingerprint density at radius 3 is 3.00 bits per heavy atom. The summed E-state index contributed by atoms with van der Waals surface area (Å²) in [5.74, 6) is -0.784. The summed E-state index contributed by atoms with van der Waals surface area (Å²) in [4.78, 5) is 13.8. The van der Waals surface area contributed by atoms with E-state index in [9.17, 15) is 9.18 Å². The molecule has 0 spiro atoms. The lowest BCUT2D eigenvalue weighted by Crippen LogP contribution is -2.44. The van der Waals surface area contributed by atoms with Crippen molar-refractivity contribution in [2.45, 2.75) is 13.0 Å². The van der Waals surface area contributed by atoms with Gasteiger partial charge in [0.2, 0.25) is 0 Å². The normalized spacial score (nSPS) is 20.4. The fraction of sp³-hybridized carbons (Fsp3) is 0.417. The van der Waals surface area contributed by atoms with E-state index < -0.39 is 5.82 Å². The second-order valence-electron chi connectivity index (χ2n) is 4.03. The molecule has 1 amide bonds. The highest BCUT2D eigenvalue weighted by atomic mass is 79.9. The Morgan fingerprint density at radius 2 is 2.35 bits per heavy atom. The Bertz CT molecular complexity index is 418. The number of benzene rings is 1. The molecule has 2 rings (SSSR count). The van der Waals surface area contributed by atoms with Crippen molar-refractivity contribution >= 4 is 21.8 Å². The third-order valence-corrected chi connectivity index (χ3v) is 3.37. The number of morpholine rings is 1. The highest BCUT2D eigenvalue weighted by Crippen LogP contribution is 2.22. The first-order valence-corrected chi connectivity index (χ1v) is 6.24. The molecule has 5 heteroatoms. The van der Waals surface area contributed by atoms with Crippen molar-refractivity contribution in [3.8, 4) is 0 Å². The van der Waals surface area contributed by atoms with Gasteiger partial charge in [-0.25, -0.2) is 4.39 Å². The molecular weight excluding hydrogens is 289 g/mol. The van der Waals surface area contributed by atoms with Gasteiger partial charge in [-0.05, 0) is 35.0 Å². The molecule has 0 N–H and O–H groups in total. The van der Waals surface area contributed by atoms with Crippen molar-refractivity contribution in [3.05, 3.63) is 34.1 Å². The Balaban J connectivity index is 2.24. The smallest absolute Gasteiger partial charge is 0.258 e. The van der Waals surface area contributed by atoms with Crippen LogP contribution in [0.2, 0.25) is 0 Å². The molecule has 0 saturated carbocycles. The first-order valence-electron chi connectivity index (χ1n) is 5.44. The summed E-state index contributed by atoms with van der Waals surface area (Å²) in [6, 6.07) is 4.53. The van der Waals surface area contributed by atoms with Gasteiger partial charge < -0.3 is 9.64 Å². The van der Waals surface area contributed by atoms with Crippen LogP contribution in [0.25, 0.3) is 0 Å². The summed E-state index contributed by atoms with van der Waals surface area (Å²) in [7, 11) is 0. The molecule has 1 aromatic carbocycles. The molecule has 3 nitrogen and oxygen atoms in total. The van der Waals surface area contributed by atoms with Crippen molar-refractivity contribution in [2.75, 3.05) is 19.7 Å². The lowest BCUT2D eigenvalue weighted by molar-refractivity contribution is -0.0126.